The van der Waals surface area contributed by atoms with Crippen LogP contribution in [-0.4, -0.2) is 47.6 Å². The molecule has 90 valence electrons. The second-order valence-corrected chi connectivity index (χ2v) is 5.28. The predicted octanol–water partition coefficient (Wildman–Crippen LogP) is 0.740. The summed E-state index contributed by atoms with van der Waals surface area (Å²) in [6, 6.07) is 1.14. The van der Waals surface area contributed by atoms with E-state index >= 15 is 0 Å². The van der Waals surface area contributed by atoms with Gasteiger partial charge < -0.3 is 5.32 Å². The van der Waals surface area contributed by atoms with E-state index in [1.165, 1.54) is 25.7 Å². The third-order valence-corrected chi connectivity index (χ3v) is 3.85. The molecule has 0 aromatic rings. The number of amides is 1. The van der Waals surface area contributed by atoms with Crippen LogP contribution in [0.5, 0.6) is 0 Å². The van der Waals surface area contributed by atoms with Crippen LogP contribution >= 0.6 is 0 Å². The molecule has 4 nitrogen and oxygen atoms in total. The maximum absolute atomic E-state index is 11.9. The Labute approximate surface area is 96.9 Å². The zero-order chi connectivity index (χ0) is 11.0. The maximum Gasteiger partial charge on any atom is 0.237 e. The molecular weight excluding hydrogens is 202 g/mol. The second-order valence-electron chi connectivity index (χ2n) is 5.28. The van der Waals surface area contributed by atoms with E-state index in [1.54, 1.807) is 0 Å². The lowest BCUT2D eigenvalue weighted by molar-refractivity contribution is -0.157. The van der Waals surface area contributed by atoms with E-state index < -0.39 is 0 Å². The van der Waals surface area contributed by atoms with Crippen molar-refractivity contribution in [3.05, 3.63) is 0 Å². The quantitative estimate of drug-likeness (QED) is 0.766. The fraction of sp³-hybridized carbons (Fsp3) is 0.917. The van der Waals surface area contributed by atoms with E-state index in [2.05, 4.69) is 15.3 Å². The molecule has 0 bridgehead atoms. The average molecular weight is 223 g/mol. The van der Waals surface area contributed by atoms with Gasteiger partial charge in [-0.05, 0) is 38.6 Å². The lowest BCUT2D eigenvalue weighted by Gasteiger charge is -2.40. The van der Waals surface area contributed by atoms with Gasteiger partial charge in [0, 0.05) is 31.6 Å². The van der Waals surface area contributed by atoms with Gasteiger partial charge in [-0.2, -0.15) is 0 Å². The smallest absolute Gasteiger partial charge is 0.237 e. The van der Waals surface area contributed by atoms with Crippen LogP contribution in [0.15, 0.2) is 0 Å². The van der Waals surface area contributed by atoms with Crippen molar-refractivity contribution in [3.8, 4) is 0 Å². The molecule has 1 atom stereocenters. The summed E-state index contributed by atoms with van der Waals surface area (Å²) in [5.41, 5.74) is 0. The molecule has 3 aliphatic rings. The molecule has 2 aliphatic heterocycles. The van der Waals surface area contributed by atoms with Crippen LogP contribution in [0.25, 0.3) is 0 Å². The summed E-state index contributed by atoms with van der Waals surface area (Å²) < 4.78 is 0. The van der Waals surface area contributed by atoms with E-state index in [-0.39, 0.29) is 0 Å². The van der Waals surface area contributed by atoms with Gasteiger partial charge in [-0.15, -0.1) is 0 Å². The van der Waals surface area contributed by atoms with E-state index in [4.69, 9.17) is 0 Å². The Morgan fingerprint density at radius 1 is 1.25 bits per heavy atom. The molecule has 1 amide bonds. The summed E-state index contributed by atoms with van der Waals surface area (Å²) in [4.78, 5) is 11.9. The zero-order valence-electron chi connectivity index (χ0n) is 9.82. The van der Waals surface area contributed by atoms with Crippen molar-refractivity contribution in [2.24, 2.45) is 0 Å². The molecule has 3 fully saturated rings. The predicted molar refractivity (Wildman–Crippen MR) is 61.7 cm³/mol. The Kier molecular flexibility index (Phi) is 2.86. The highest BCUT2D eigenvalue weighted by molar-refractivity contribution is 5.77. The first-order valence-corrected chi connectivity index (χ1v) is 6.65. The highest BCUT2D eigenvalue weighted by atomic mass is 16.2. The van der Waals surface area contributed by atoms with Crippen LogP contribution < -0.4 is 5.32 Å². The number of hydrogen-bond acceptors (Lipinski definition) is 3. The third-order valence-electron chi connectivity index (χ3n) is 3.85. The van der Waals surface area contributed by atoms with Gasteiger partial charge >= 0.3 is 0 Å². The molecule has 16 heavy (non-hydrogen) atoms. The third kappa shape index (κ3) is 2.09. The minimum atomic E-state index is 0.353. The number of nitrogens with one attached hydrogen (secondary N) is 1. The monoisotopic (exact) mass is 223 g/mol. The first kappa shape index (κ1) is 10.5. The van der Waals surface area contributed by atoms with E-state index in [1.807, 2.05) is 0 Å². The molecule has 3 rings (SSSR count). The number of carbonyl (C=O) groups excluding carboxylic acids is 1. The lowest BCUT2D eigenvalue weighted by atomic mass is 10.2. The number of nitrogens with zero attached hydrogens (tertiary/aromatic N) is 2. The van der Waals surface area contributed by atoms with Crippen LogP contribution in [-0.2, 0) is 4.79 Å². The van der Waals surface area contributed by atoms with Gasteiger partial charge in [0.1, 0.15) is 0 Å². The number of rotatable bonds is 3. The first-order valence-electron chi connectivity index (χ1n) is 6.65. The largest absolute Gasteiger partial charge is 0.313 e. The molecule has 2 heterocycles. The molecule has 0 radical (unpaired) electrons. The fourth-order valence-electron chi connectivity index (χ4n) is 2.89. The number of carbonyl (C=O) groups is 1. The second kappa shape index (κ2) is 4.34. The van der Waals surface area contributed by atoms with Gasteiger partial charge in [0.05, 0.1) is 0 Å². The summed E-state index contributed by atoms with van der Waals surface area (Å²) in [7, 11) is 0. The highest BCUT2D eigenvalue weighted by Gasteiger charge is 2.39. The van der Waals surface area contributed by atoms with Crippen molar-refractivity contribution < 1.29 is 4.79 Å². The topological polar surface area (TPSA) is 35.6 Å². The Bertz CT molecular complexity index is 271. The Morgan fingerprint density at radius 3 is 2.81 bits per heavy atom. The SMILES string of the molecule is O=C1CCCN(CC2CCCN2)N1C1CC1. The van der Waals surface area contributed by atoms with Gasteiger partial charge in [-0.1, -0.05) is 0 Å². The summed E-state index contributed by atoms with van der Waals surface area (Å²) >= 11 is 0. The molecular formula is C12H21N3O. The molecule has 1 N–H and O–H groups in total. The summed E-state index contributed by atoms with van der Waals surface area (Å²) in [6.45, 7) is 3.25. The molecule has 4 heteroatoms. The van der Waals surface area contributed by atoms with Crippen LogP contribution in [0, 0.1) is 0 Å². The maximum atomic E-state index is 11.9. The van der Waals surface area contributed by atoms with E-state index in [9.17, 15) is 4.79 Å². The molecule has 1 saturated carbocycles. The summed E-state index contributed by atoms with van der Waals surface area (Å²) in [5.74, 6) is 0.353. The normalized spacial score (nSPS) is 32.4. The van der Waals surface area contributed by atoms with Gasteiger partial charge in [0.15, 0.2) is 0 Å². The van der Waals surface area contributed by atoms with Gasteiger partial charge in [0.25, 0.3) is 0 Å². The first-order chi connectivity index (χ1) is 7.84. The zero-order valence-corrected chi connectivity index (χ0v) is 9.82. The van der Waals surface area contributed by atoms with Crippen molar-refractivity contribution in [1.29, 1.82) is 0 Å². The Morgan fingerprint density at radius 2 is 2.12 bits per heavy atom. The molecule has 0 spiro atoms. The average Bonchev–Trinajstić information content (AvgIpc) is 2.97. The molecule has 1 unspecified atom stereocenters. The highest BCUT2D eigenvalue weighted by Crippen LogP contribution is 2.31. The summed E-state index contributed by atoms with van der Waals surface area (Å²) in [5, 5.41) is 7.90. The van der Waals surface area contributed by atoms with Crippen LogP contribution in [0.3, 0.4) is 0 Å². The Balaban J connectivity index is 1.63. The lowest BCUT2D eigenvalue weighted by Crippen LogP contribution is -2.54. The van der Waals surface area contributed by atoms with Crippen LogP contribution in [0.4, 0.5) is 0 Å². The van der Waals surface area contributed by atoms with E-state index in [0.29, 0.717) is 18.0 Å². The minimum Gasteiger partial charge on any atom is -0.313 e. The van der Waals surface area contributed by atoms with Crippen molar-refractivity contribution in [2.75, 3.05) is 19.6 Å². The van der Waals surface area contributed by atoms with Crippen LogP contribution in [0.2, 0.25) is 0 Å². The molecule has 0 aromatic heterocycles. The van der Waals surface area contributed by atoms with Crippen LogP contribution in [0.1, 0.15) is 38.5 Å². The van der Waals surface area contributed by atoms with Gasteiger partial charge in [-0.25, -0.2) is 5.01 Å². The summed E-state index contributed by atoms with van der Waals surface area (Å²) in [6.07, 6.45) is 6.76. The van der Waals surface area contributed by atoms with Crippen molar-refractivity contribution in [3.63, 3.8) is 0 Å². The van der Waals surface area contributed by atoms with Gasteiger partial charge in [-0.3, -0.25) is 9.80 Å². The Hall–Kier alpha value is -0.610. The number of hydrazine groups is 1. The minimum absolute atomic E-state index is 0.353. The van der Waals surface area contributed by atoms with Crippen molar-refractivity contribution in [2.45, 2.75) is 50.6 Å². The molecule has 1 aliphatic carbocycles. The standard InChI is InChI=1S/C12H21N3O/c16-12-4-2-8-14(15(12)11-5-6-11)9-10-3-1-7-13-10/h10-11,13H,1-9H2. The molecule has 0 aromatic carbocycles. The fourth-order valence-corrected chi connectivity index (χ4v) is 2.89. The van der Waals surface area contributed by atoms with Gasteiger partial charge in [0.2, 0.25) is 5.91 Å². The van der Waals surface area contributed by atoms with Crippen molar-refractivity contribution >= 4 is 5.91 Å². The number of hydrogen-bond donors (Lipinski definition) is 1. The van der Waals surface area contributed by atoms with Crippen molar-refractivity contribution in [1.82, 2.24) is 15.3 Å². The van der Waals surface area contributed by atoms with E-state index in [0.717, 1.165) is 32.5 Å². The molecule has 2 saturated heterocycles.